The first kappa shape index (κ1) is 15.1. The first-order valence-electron chi connectivity index (χ1n) is 7.19. The van der Waals surface area contributed by atoms with E-state index in [1.807, 2.05) is 19.1 Å². The summed E-state index contributed by atoms with van der Waals surface area (Å²) in [5.74, 6) is 0.0499. The highest BCUT2D eigenvalue weighted by Gasteiger charge is 2.39. The van der Waals surface area contributed by atoms with Crippen LogP contribution < -0.4 is 0 Å². The minimum absolute atomic E-state index is 0.352. The molecule has 2 rings (SSSR count). The van der Waals surface area contributed by atoms with Crippen LogP contribution >= 0.6 is 0 Å². The van der Waals surface area contributed by atoms with Crippen LogP contribution in [0.3, 0.4) is 0 Å². The van der Waals surface area contributed by atoms with Gasteiger partial charge in [0.15, 0.2) is 9.84 Å². The first-order chi connectivity index (χ1) is 9.48. The predicted octanol–water partition coefficient (Wildman–Crippen LogP) is 3.49. The second-order valence-corrected chi connectivity index (χ2v) is 7.89. The Morgan fingerprint density at radius 3 is 2.45 bits per heavy atom. The summed E-state index contributed by atoms with van der Waals surface area (Å²) in [5, 5.41) is 8.71. The fourth-order valence-corrected chi connectivity index (χ4v) is 5.00. The number of nitrogens with zero attached hydrogens (tertiary/aromatic N) is 1. The van der Waals surface area contributed by atoms with Crippen LogP contribution in [0, 0.1) is 30.1 Å². The molecule has 3 atom stereocenters. The highest BCUT2D eigenvalue weighted by Crippen LogP contribution is 2.37. The summed E-state index contributed by atoms with van der Waals surface area (Å²) >= 11 is 0. The average Bonchev–Trinajstić information content (AvgIpc) is 2.47. The smallest absolute Gasteiger partial charge is 0.182 e. The SMILES string of the molecule is CCC1CCC(C#N)C(S(=O)(=O)c2ccc(C)cc2)C1. The van der Waals surface area contributed by atoms with Crippen LogP contribution in [-0.4, -0.2) is 13.7 Å². The molecule has 0 heterocycles. The third-order valence-electron chi connectivity index (χ3n) is 4.39. The minimum Gasteiger partial charge on any atom is -0.223 e. The van der Waals surface area contributed by atoms with Crippen molar-refractivity contribution in [1.82, 2.24) is 0 Å². The van der Waals surface area contributed by atoms with E-state index in [0.717, 1.165) is 18.4 Å². The van der Waals surface area contributed by atoms with E-state index >= 15 is 0 Å². The highest BCUT2D eigenvalue weighted by molar-refractivity contribution is 7.92. The fourth-order valence-electron chi connectivity index (χ4n) is 2.98. The summed E-state index contributed by atoms with van der Waals surface area (Å²) in [7, 11) is -3.41. The van der Waals surface area contributed by atoms with Gasteiger partial charge in [-0.05, 0) is 44.2 Å². The van der Waals surface area contributed by atoms with Gasteiger partial charge in [0.05, 0.1) is 22.1 Å². The molecule has 4 heteroatoms. The van der Waals surface area contributed by atoms with E-state index in [-0.39, 0.29) is 5.92 Å². The molecule has 108 valence electrons. The second kappa shape index (κ2) is 5.97. The zero-order chi connectivity index (χ0) is 14.8. The highest BCUT2D eigenvalue weighted by atomic mass is 32.2. The molecule has 0 aliphatic heterocycles. The standard InChI is InChI=1S/C16H21NO2S/c1-3-13-6-7-14(11-17)16(10-13)20(18,19)15-8-4-12(2)5-9-15/h4-5,8-9,13-14,16H,3,6-7,10H2,1-2H3. The topological polar surface area (TPSA) is 57.9 Å². The van der Waals surface area contributed by atoms with Crippen LogP contribution in [-0.2, 0) is 9.84 Å². The van der Waals surface area contributed by atoms with E-state index in [9.17, 15) is 13.7 Å². The number of nitriles is 1. The van der Waals surface area contributed by atoms with Crippen LogP contribution in [0.1, 0.15) is 38.2 Å². The van der Waals surface area contributed by atoms with Crippen LogP contribution in [0.5, 0.6) is 0 Å². The Bertz CT molecular complexity index is 598. The Balaban J connectivity index is 2.35. The van der Waals surface area contributed by atoms with Gasteiger partial charge >= 0.3 is 0 Å². The monoisotopic (exact) mass is 291 g/mol. The molecule has 0 spiro atoms. The number of hydrogen-bond donors (Lipinski definition) is 0. The zero-order valence-corrected chi connectivity index (χ0v) is 12.9. The van der Waals surface area contributed by atoms with Crippen LogP contribution in [0.4, 0.5) is 0 Å². The normalized spacial score (nSPS) is 26.9. The molecule has 0 N–H and O–H groups in total. The van der Waals surface area contributed by atoms with Crippen molar-refractivity contribution in [3.8, 4) is 6.07 Å². The Morgan fingerprint density at radius 2 is 1.90 bits per heavy atom. The molecule has 3 nitrogen and oxygen atoms in total. The van der Waals surface area contributed by atoms with Crippen molar-refractivity contribution >= 4 is 9.84 Å². The van der Waals surface area contributed by atoms with Gasteiger partial charge in [-0.25, -0.2) is 8.42 Å². The van der Waals surface area contributed by atoms with E-state index in [4.69, 9.17) is 0 Å². The Morgan fingerprint density at radius 1 is 1.25 bits per heavy atom. The molecule has 1 saturated carbocycles. The van der Waals surface area contributed by atoms with E-state index < -0.39 is 15.1 Å². The lowest BCUT2D eigenvalue weighted by atomic mass is 9.81. The Labute approximate surface area is 121 Å². The third kappa shape index (κ3) is 2.88. The molecule has 0 aromatic heterocycles. The molecule has 1 aliphatic rings. The van der Waals surface area contributed by atoms with Crippen LogP contribution in [0.2, 0.25) is 0 Å². The van der Waals surface area contributed by atoms with Gasteiger partial charge in [-0.1, -0.05) is 31.0 Å². The quantitative estimate of drug-likeness (QED) is 0.856. The number of hydrogen-bond acceptors (Lipinski definition) is 3. The minimum atomic E-state index is -3.41. The molecule has 1 aliphatic carbocycles. The zero-order valence-electron chi connectivity index (χ0n) is 12.0. The van der Waals surface area contributed by atoms with Gasteiger partial charge in [-0.3, -0.25) is 0 Å². The maximum atomic E-state index is 12.8. The summed E-state index contributed by atoms with van der Waals surface area (Å²) in [6.07, 6.45) is 3.27. The van der Waals surface area contributed by atoms with Crippen LogP contribution in [0.25, 0.3) is 0 Å². The lowest BCUT2D eigenvalue weighted by Gasteiger charge is -2.31. The molecule has 0 amide bonds. The van der Waals surface area contributed by atoms with Gasteiger partial charge < -0.3 is 0 Å². The summed E-state index contributed by atoms with van der Waals surface area (Å²) in [6.45, 7) is 4.02. The lowest BCUT2D eigenvalue weighted by molar-refractivity contribution is 0.308. The molecule has 0 radical (unpaired) electrons. The lowest BCUT2D eigenvalue weighted by Crippen LogP contribution is -2.35. The molecule has 3 unspecified atom stereocenters. The predicted molar refractivity (Wildman–Crippen MR) is 78.9 cm³/mol. The van der Waals surface area contributed by atoms with Gasteiger partial charge in [0, 0.05) is 0 Å². The number of benzene rings is 1. The largest absolute Gasteiger partial charge is 0.223 e. The number of rotatable bonds is 3. The van der Waals surface area contributed by atoms with Crippen molar-refractivity contribution in [2.24, 2.45) is 11.8 Å². The maximum Gasteiger partial charge on any atom is 0.182 e. The molecule has 1 aromatic carbocycles. The van der Waals surface area contributed by atoms with Gasteiger partial charge in [0.1, 0.15) is 0 Å². The maximum absolute atomic E-state index is 12.8. The van der Waals surface area contributed by atoms with Crippen molar-refractivity contribution in [2.75, 3.05) is 0 Å². The number of sulfone groups is 1. The third-order valence-corrected chi connectivity index (χ3v) is 6.64. The van der Waals surface area contributed by atoms with Crippen LogP contribution in [0.15, 0.2) is 29.2 Å². The van der Waals surface area contributed by atoms with Crippen molar-refractivity contribution in [3.63, 3.8) is 0 Å². The van der Waals surface area contributed by atoms with Gasteiger partial charge in [-0.15, -0.1) is 0 Å². The van der Waals surface area contributed by atoms with E-state index in [0.29, 0.717) is 23.7 Å². The van der Waals surface area contributed by atoms with Crippen molar-refractivity contribution < 1.29 is 8.42 Å². The molecule has 20 heavy (non-hydrogen) atoms. The number of aryl methyl sites for hydroxylation is 1. The fraction of sp³-hybridized carbons (Fsp3) is 0.562. The molecule has 1 fully saturated rings. The van der Waals surface area contributed by atoms with E-state index in [1.54, 1.807) is 12.1 Å². The van der Waals surface area contributed by atoms with Crippen molar-refractivity contribution in [3.05, 3.63) is 29.8 Å². The van der Waals surface area contributed by atoms with Crippen molar-refractivity contribution in [2.45, 2.75) is 49.7 Å². The van der Waals surface area contributed by atoms with Gasteiger partial charge in [0.2, 0.25) is 0 Å². The van der Waals surface area contributed by atoms with E-state index in [2.05, 4.69) is 13.0 Å². The molecule has 0 saturated heterocycles. The summed E-state index contributed by atoms with van der Waals surface area (Å²) in [6, 6.07) is 9.16. The van der Waals surface area contributed by atoms with E-state index in [1.165, 1.54) is 0 Å². The van der Waals surface area contributed by atoms with Gasteiger partial charge in [0.25, 0.3) is 0 Å². The molecular formula is C16H21NO2S. The summed E-state index contributed by atoms with van der Waals surface area (Å²) in [4.78, 5) is 0.352. The summed E-state index contributed by atoms with van der Waals surface area (Å²) in [5.41, 5.74) is 1.04. The Kier molecular flexibility index (Phi) is 4.49. The molecule has 1 aromatic rings. The second-order valence-electron chi connectivity index (χ2n) is 5.72. The Hall–Kier alpha value is -1.34. The van der Waals surface area contributed by atoms with Crippen molar-refractivity contribution in [1.29, 1.82) is 5.26 Å². The summed E-state index contributed by atoms with van der Waals surface area (Å²) < 4.78 is 25.6. The van der Waals surface area contributed by atoms with Gasteiger partial charge in [-0.2, -0.15) is 5.26 Å². The molecular weight excluding hydrogens is 270 g/mol. The average molecular weight is 291 g/mol. The molecule has 0 bridgehead atoms. The first-order valence-corrected chi connectivity index (χ1v) is 8.73.